The Morgan fingerprint density at radius 3 is 1.68 bits per heavy atom. The van der Waals surface area contributed by atoms with Gasteiger partial charge in [0.05, 0.1) is 0 Å². The molecule has 1 unspecified atom stereocenters. The van der Waals surface area contributed by atoms with Crippen LogP contribution in [0, 0.1) is 5.41 Å². The van der Waals surface area contributed by atoms with Crippen LogP contribution >= 0.6 is 0 Å². The van der Waals surface area contributed by atoms with Gasteiger partial charge >= 0.3 is 8.80 Å². The molecule has 0 aliphatic rings. The van der Waals surface area contributed by atoms with Crippen molar-refractivity contribution in [2.75, 3.05) is 19.8 Å². The molecule has 1 atom stereocenters. The van der Waals surface area contributed by atoms with Crippen LogP contribution in [0.2, 0.25) is 6.04 Å². The Hall–Kier alpha value is 0.0569. The van der Waals surface area contributed by atoms with Crippen LogP contribution in [0.3, 0.4) is 0 Å². The summed E-state index contributed by atoms with van der Waals surface area (Å²) in [4.78, 5) is 0. The summed E-state index contributed by atoms with van der Waals surface area (Å²) in [7, 11) is -2.52. The van der Waals surface area contributed by atoms with Crippen molar-refractivity contribution in [3.05, 3.63) is 0 Å². The Labute approximate surface area is 120 Å². The Bertz CT molecular complexity index is 220. The molecule has 5 heteroatoms. The van der Waals surface area contributed by atoms with Gasteiger partial charge in [-0.1, -0.05) is 20.8 Å². The smallest absolute Gasteiger partial charge is 0.374 e. The van der Waals surface area contributed by atoms with Crippen LogP contribution in [0.5, 0.6) is 0 Å². The second kappa shape index (κ2) is 9.08. The third kappa shape index (κ3) is 6.36. The monoisotopic (exact) mass is 291 g/mol. The van der Waals surface area contributed by atoms with Crippen LogP contribution in [-0.4, -0.2) is 34.7 Å². The van der Waals surface area contributed by atoms with E-state index in [4.69, 9.17) is 19.0 Å². The quantitative estimate of drug-likeness (QED) is 0.594. The topological polar surface area (TPSA) is 53.7 Å². The van der Waals surface area contributed by atoms with E-state index in [2.05, 4.69) is 20.8 Å². The van der Waals surface area contributed by atoms with Gasteiger partial charge < -0.3 is 19.0 Å². The highest BCUT2D eigenvalue weighted by Gasteiger charge is 2.42. The van der Waals surface area contributed by atoms with Gasteiger partial charge in [-0.15, -0.1) is 0 Å². The zero-order valence-corrected chi connectivity index (χ0v) is 14.6. The van der Waals surface area contributed by atoms with Gasteiger partial charge in [-0.05, 0) is 39.0 Å². The minimum atomic E-state index is -2.52. The lowest BCUT2D eigenvalue weighted by Crippen LogP contribution is -2.48. The summed E-state index contributed by atoms with van der Waals surface area (Å²) in [5.41, 5.74) is 6.28. The van der Waals surface area contributed by atoms with Gasteiger partial charge in [0.25, 0.3) is 0 Å². The summed E-state index contributed by atoms with van der Waals surface area (Å²) in [5.74, 6) is 0. The molecule has 0 heterocycles. The second-order valence-corrected chi connectivity index (χ2v) is 8.22. The van der Waals surface area contributed by atoms with E-state index in [0.717, 1.165) is 18.9 Å². The molecule has 0 saturated heterocycles. The molecule has 0 aromatic rings. The fourth-order valence-electron chi connectivity index (χ4n) is 2.21. The van der Waals surface area contributed by atoms with E-state index >= 15 is 0 Å². The van der Waals surface area contributed by atoms with Crippen molar-refractivity contribution in [1.29, 1.82) is 0 Å². The predicted molar refractivity (Wildman–Crippen MR) is 82.1 cm³/mol. The summed E-state index contributed by atoms with van der Waals surface area (Å²) < 4.78 is 17.6. The highest BCUT2D eigenvalue weighted by molar-refractivity contribution is 6.60. The fraction of sp³-hybridized carbons (Fsp3) is 1.00. The second-order valence-electron chi connectivity index (χ2n) is 5.49. The lowest BCUT2D eigenvalue weighted by atomic mass is 9.81. The number of rotatable bonds is 11. The molecule has 0 bridgehead atoms. The van der Waals surface area contributed by atoms with E-state index in [0.29, 0.717) is 19.8 Å². The van der Waals surface area contributed by atoms with Crippen LogP contribution < -0.4 is 5.73 Å². The first kappa shape index (κ1) is 19.1. The van der Waals surface area contributed by atoms with E-state index in [9.17, 15) is 0 Å². The zero-order chi connectivity index (χ0) is 14.9. The van der Waals surface area contributed by atoms with E-state index in [1.807, 2.05) is 20.8 Å². The maximum absolute atomic E-state index is 6.19. The van der Waals surface area contributed by atoms with Gasteiger partial charge in [0.15, 0.2) is 0 Å². The highest BCUT2D eigenvalue weighted by Crippen LogP contribution is 2.31. The maximum atomic E-state index is 6.19. The molecule has 19 heavy (non-hydrogen) atoms. The average Bonchev–Trinajstić information content (AvgIpc) is 2.36. The van der Waals surface area contributed by atoms with Crippen LogP contribution in [0.4, 0.5) is 0 Å². The van der Waals surface area contributed by atoms with Crippen molar-refractivity contribution in [1.82, 2.24) is 0 Å². The normalized spacial score (nSPS) is 14.7. The SMILES string of the molecule is CCO[Si](CCC(C)(C)C(N)CC)(OCC)OCC. The van der Waals surface area contributed by atoms with Crippen molar-refractivity contribution < 1.29 is 13.3 Å². The summed E-state index contributed by atoms with van der Waals surface area (Å²) in [6.07, 6.45) is 1.95. The molecule has 0 spiro atoms. The largest absolute Gasteiger partial charge is 0.500 e. The minimum Gasteiger partial charge on any atom is -0.374 e. The molecular formula is C14H33NO3Si. The van der Waals surface area contributed by atoms with Crippen molar-refractivity contribution in [2.24, 2.45) is 11.1 Å². The lowest BCUT2D eigenvalue weighted by molar-refractivity contribution is 0.0667. The Balaban J connectivity index is 4.71. The van der Waals surface area contributed by atoms with Gasteiger partial charge in [0.1, 0.15) is 0 Å². The van der Waals surface area contributed by atoms with Gasteiger partial charge in [0, 0.05) is 31.9 Å². The molecule has 2 N–H and O–H groups in total. The molecule has 0 fully saturated rings. The van der Waals surface area contributed by atoms with Crippen molar-refractivity contribution in [3.8, 4) is 0 Å². The first-order valence-corrected chi connectivity index (χ1v) is 9.48. The van der Waals surface area contributed by atoms with Crippen molar-refractivity contribution in [3.63, 3.8) is 0 Å². The summed E-state index contributed by atoms with van der Waals surface area (Å²) >= 11 is 0. The van der Waals surface area contributed by atoms with Crippen molar-refractivity contribution >= 4 is 8.80 Å². The van der Waals surface area contributed by atoms with E-state index in [1.165, 1.54) is 0 Å². The molecule has 0 aliphatic heterocycles. The van der Waals surface area contributed by atoms with Gasteiger partial charge in [-0.2, -0.15) is 0 Å². The zero-order valence-electron chi connectivity index (χ0n) is 13.6. The molecule has 116 valence electrons. The van der Waals surface area contributed by atoms with Gasteiger partial charge in [-0.25, -0.2) is 0 Å². The Morgan fingerprint density at radius 2 is 1.37 bits per heavy atom. The molecule has 0 saturated carbocycles. The van der Waals surface area contributed by atoms with Gasteiger partial charge in [0.2, 0.25) is 0 Å². The molecule has 0 aliphatic carbocycles. The summed E-state index contributed by atoms with van der Waals surface area (Å²) in [5, 5.41) is 0. The van der Waals surface area contributed by atoms with E-state index in [1.54, 1.807) is 0 Å². The first-order chi connectivity index (χ1) is 8.87. The number of hydrogen-bond donors (Lipinski definition) is 1. The number of hydrogen-bond acceptors (Lipinski definition) is 4. The minimum absolute atomic E-state index is 0.0817. The third-order valence-electron chi connectivity index (χ3n) is 3.61. The van der Waals surface area contributed by atoms with Crippen molar-refractivity contribution in [2.45, 2.75) is 66.5 Å². The first-order valence-electron chi connectivity index (χ1n) is 7.54. The summed E-state index contributed by atoms with van der Waals surface area (Å²) in [6.45, 7) is 14.4. The standard InChI is InChI=1S/C14H33NO3Si/c1-7-13(15)14(5,6)11-12-19(16-8-2,17-9-3)18-10-4/h13H,7-12,15H2,1-6H3. The molecule has 0 aromatic heterocycles. The molecule has 0 aromatic carbocycles. The summed E-state index contributed by atoms with van der Waals surface area (Å²) in [6, 6.07) is 1.03. The number of nitrogens with two attached hydrogens (primary N) is 1. The van der Waals surface area contributed by atoms with E-state index in [-0.39, 0.29) is 11.5 Å². The van der Waals surface area contributed by atoms with Crippen LogP contribution in [0.25, 0.3) is 0 Å². The molecule has 0 rings (SSSR count). The van der Waals surface area contributed by atoms with Crippen LogP contribution in [-0.2, 0) is 13.3 Å². The third-order valence-corrected chi connectivity index (χ3v) is 6.66. The van der Waals surface area contributed by atoms with Crippen LogP contribution in [0.15, 0.2) is 0 Å². The molecule has 4 nitrogen and oxygen atoms in total. The van der Waals surface area contributed by atoms with E-state index < -0.39 is 8.80 Å². The molecular weight excluding hydrogens is 258 g/mol. The molecule has 0 amide bonds. The fourth-order valence-corrected chi connectivity index (χ4v) is 5.17. The molecule has 0 radical (unpaired) electrons. The van der Waals surface area contributed by atoms with Crippen LogP contribution in [0.1, 0.15) is 54.4 Å². The lowest BCUT2D eigenvalue weighted by Gasteiger charge is -2.35. The Kier molecular flexibility index (Phi) is 9.10. The maximum Gasteiger partial charge on any atom is 0.500 e. The van der Waals surface area contributed by atoms with Gasteiger partial charge in [-0.3, -0.25) is 0 Å². The predicted octanol–water partition coefficient (Wildman–Crippen LogP) is 3.19. The average molecular weight is 292 g/mol. The Morgan fingerprint density at radius 1 is 0.947 bits per heavy atom. The highest BCUT2D eigenvalue weighted by atomic mass is 28.4.